The van der Waals surface area contributed by atoms with Crippen molar-refractivity contribution in [2.45, 2.75) is 142 Å². The number of esters is 1. The maximum atomic E-state index is 14.9. The number of aryl methyl sites for hydroxylation is 1. The fourth-order valence-electron chi connectivity index (χ4n) is 8.08. The second-order valence-corrected chi connectivity index (χ2v) is 16.5. The lowest BCUT2D eigenvalue weighted by Crippen LogP contribution is -2.21. The van der Waals surface area contributed by atoms with E-state index in [9.17, 15) is 13.6 Å². The lowest BCUT2D eigenvalue weighted by Gasteiger charge is -2.16. The minimum atomic E-state index is -0.400. The molecule has 5 rings (SSSR count). The fourth-order valence-corrected chi connectivity index (χ4v) is 8.08. The molecule has 59 heavy (non-hydrogen) atoms. The van der Waals surface area contributed by atoms with Crippen LogP contribution in [0.25, 0.3) is 0 Å². The molecule has 0 saturated heterocycles. The third-order valence-electron chi connectivity index (χ3n) is 11.6. The number of fused-ring (bicyclic) bond motifs is 2. The van der Waals surface area contributed by atoms with E-state index in [1.807, 2.05) is 18.2 Å². The predicted molar refractivity (Wildman–Crippen MR) is 236 cm³/mol. The van der Waals surface area contributed by atoms with Crippen LogP contribution in [0.5, 0.6) is 11.5 Å². The summed E-state index contributed by atoms with van der Waals surface area (Å²) >= 11 is 0. The molecule has 2 bridgehead atoms. The molecule has 2 aliphatic carbocycles. The van der Waals surface area contributed by atoms with Gasteiger partial charge in [-0.1, -0.05) is 133 Å². The molecule has 316 valence electrons. The van der Waals surface area contributed by atoms with Crippen LogP contribution in [0.2, 0.25) is 0 Å². The van der Waals surface area contributed by atoms with Gasteiger partial charge in [0.15, 0.2) is 23.1 Å². The normalized spacial score (nSPS) is 16.3. The number of carbonyl (C=O) groups excluding carboxylic acids is 1. The highest BCUT2D eigenvalue weighted by atomic mass is 19.1. The highest BCUT2D eigenvalue weighted by molar-refractivity contribution is 5.74. The van der Waals surface area contributed by atoms with E-state index in [0.29, 0.717) is 42.8 Å². The van der Waals surface area contributed by atoms with E-state index >= 15 is 0 Å². The molecule has 0 amide bonds. The molecule has 0 aromatic heterocycles. The van der Waals surface area contributed by atoms with Gasteiger partial charge in [0.05, 0.1) is 25.7 Å². The summed E-state index contributed by atoms with van der Waals surface area (Å²) in [5.41, 5.74) is 4.03. The van der Waals surface area contributed by atoms with Gasteiger partial charge in [0.2, 0.25) is 0 Å². The topological polar surface area (TPSA) is 44.8 Å². The van der Waals surface area contributed by atoms with Crippen LogP contribution in [0.15, 0.2) is 66.7 Å². The lowest BCUT2D eigenvalue weighted by atomic mass is 9.94. The van der Waals surface area contributed by atoms with Gasteiger partial charge in [-0.25, -0.2) is 8.78 Å². The highest BCUT2D eigenvalue weighted by Crippen LogP contribution is 2.44. The van der Waals surface area contributed by atoms with Crippen molar-refractivity contribution in [2.24, 2.45) is 17.8 Å². The van der Waals surface area contributed by atoms with Gasteiger partial charge in [0.1, 0.15) is 0 Å². The van der Waals surface area contributed by atoms with E-state index in [2.05, 4.69) is 55.7 Å². The molecular formula is C53H66F2O4. The molecule has 3 aromatic rings. The Morgan fingerprint density at radius 3 is 1.63 bits per heavy atom. The van der Waals surface area contributed by atoms with Crippen molar-refractivity contribution in [3.63, 3.8) is 0 Å². The molecule has 6 heteroatoms. The van der Waals surface area contributed by atoms with Crippen LogP contribution >= 0.6 is 0 Å². The number of unbranched alkanes of at least 4 members (excludes halogenated alkanes) is 14. The maximum absolute atomic E-state index is 14.9. The van der Waals surface area contributed by atoms with Crippen molar-refractivity contribution >= 4 is 5.97 Å². The van der Waals surface area contributed by atoms with Gasteiger partial charge in [-0.2, -0.15) is 0 Å². The molecule has 3 aromatic carbocycles. The smallest absolute Gasteiger partial charge is 0.309 e. The molecular weight excluding hydrogens is 739 g/mol. The Morgan fingerprint density at radius 1 is 0.576 bits per heavy atom. The Bertz CT molecular complexity index is 1910. The largest absolute Gasteiger partial charge is 0.491 e. The first-order chi connectivity index (χ1) is 28.9. The zero-order valence-corrected chi connectivity index (χ0v) is 35.7. The van der Waals surface area contributed by atoms with Crippen LogP contribution in [0, 0.1) is 53.1 Å². The van der Waals surface area contributed by atoms with Crippen molar-refractivity contribution in [3.8, 4) is 35.2 Å². The minimum Gasteiger partial charge on any atom is -0.491 e. The van der Waals surface area contributed by atoms with Crippen molar-refractivity contribution in [1.29, 1.82) is 0 Å². The summed E-state index contributed by atoms with van der Waals surface area (Å²) in [6.07, 6.45) is 26.2. The Hall–Kier alpha value is -4.55. The van der Waals surface area contributed by atoms with E-state index in [-0.39, 0.29) is 23.4 Å². The van der Waals surface area contributed by atoms with Crippen molar-refractivity contribution in [3.05, 3.63) is 106 Å². The van der Waals surface area contributed by atoms with Gasteiger partial charge >= 0.3 is 5.97 Å². The van der Waals surface area contributed by atoms with Crippen LogP contribution < -0.4 is 9.47 Å². The summed E-state index contributed by atoms with van der Waals surface area (Å²) in [6, 6.07) is 15.8. The summed E-state index contributed by atoms with van der Waals surface area (Å²) in [6.45, 7) is 5.89. The molecule has 0 heterocycles. The van der Waals surface area contributed by atoms with E-state index in [0.717, 1.165) is 113 Å². The number of ether oxygens (including phenoxy) is 3. The van der Waals surface area contributed by atoms with Crippen molar-refractivity contribution < 1.29 is 27.8 Å². The molecule has 0 aliphatic heterocycles. The van der Waals surface area contributed by atoms with Crippen LogP contribution in [0.4, 0.5) is 8.78 Å². The van der Waals surface area contributed by atoms with E-state index in [1.54, 1.807) is 18.2 Å². The minimum absolute atomic E-state index is 0.0109. The number of carbonyl (C=O) groups is 1. The number of hydrogen-bond donors (Lipinski definition) is 0. The van der Waals surface area contributed by atoms with Gasteiger partial charge in [-0.15, -0.1) is 0 Å². The van der Waals surface area contributed by atoms with Gasteiger partial charge < -0.3 is 14.2 Å². The van der Waals surface area contributed by atoms with E-state index in [1.165, 1.54) is 44.2 Å². The molecule has 0 radical (unpaired) electrons. The Labute approximate surface area is 353 Å². The molecule has 0 N–H and O–H groups in total. The first kappa shape index (κ1) is 45.5. The fraction of sp³-hybridized carbons (Fsp3) is 0.528. The Kier molecular flexibility index (Phi) is 19.9. The third-order valence-corrected chi connectivity index (χ3v) is 11.6. The Morgan fingerprint density at radius 2 is 1.08 bits per heavy atom. The standard InChI is InChI=1S/C53H66F2O4/c1-3-5-7-17-33-57-51-31-26-42(39-49(51)54)22-21-41-23-28-45(29-24-43-27-32-52(50(55)40-43)58-34-18-8-6-4-2)46(36-41)20-16-14-12-10-9-11-13-15-19-35-59-53(56)48-38-44-25-30-47(48)37-44/h23,25-28,30-32,36,39-40,44,47-48H,3-20,33-35,37-38H2,1-2H3. The summed E-state index contributed by atoms with van der Waals surface area (Å²) < 4.78 is 46.6. The second kappa shape index (κ2) is 25.8. The summed E-state index contributed by atoms with van der Waals surface area (Å²) in [7, 11) is 0. The molecule has 2 aliphatic rings. The number of halogens is 2. The van der Waals surface area contributed by atoms with Gasteiger partial charge in [0.25, 0.3) is 0 Å². The van der Waals surface area contributed by atoms with Crippen LogP contribution in [-0.4, -0.2) is 25.8 Å². The number of allylic oxidation sites excluding steroid dienone is 2. The number of rotatable bonds is 25. The number of hydrogen-bond acceptors (Lipinski definition) is 4. The van der Waals surface area contributed by atoms with Crippen LogP contribution in [0.1, 0.15) is 164 Å². The van der Waals surface area contributed by atoms with Gasteiger partial charge in [-0.3, -0.25) is 4.79 Å². The first-order valence-corrected chi connectivity index (χ1v) is 22.8. The highest BCUT2D eigenvalue weighted by Gasteiger charge is 2.40. The summed E-state index contributed by atoms with van der Waals surface area (Å²) in [5, 5.41) is 0. The molecule has 1 saturated carbocycles. The van der Waals surface area contributed by atoms with E-state index < -0.39 is 11.6 Å². The summed E-state index contributed by atoms with van der Waals surface area (Å²) in [5.74, 6) is 13.7. The van der Waals surface area contributed by atoms with Crippen LogP contribution in [-0.2, 0) is 16.0 Å². The van der Waals surface area contributed by atoms with Crippen molar-refractivity contribution in [2.75, 3.05) is 19.8 Å². The maximum Gasteiger partial charge on any atom is 0.309 e. The zero-order chi connectivity index (χ0) is 41.5. The molecule has 4 nitrogen and oxygen atoms in total. The Balaban J connectivity index is 1.10. The molecule has 3 unspecified atom stereocenters. The average Bonchev–Trinajstić information content (AvgIpc) is 3.89. The van der Waals surface area contributed by atoms with Gasteiger partial charge in [-0.05, 0) is 117 Å². The average molecular weight is 805 g/mol. The predicted octanol–water partition coefficient (Wildman–Crippen LogP) is 13.5. The summed E-state index contributed by atoms with van der Waals surface area (Å²) in [4.78, 5) is 12.4. The van der Waals surface area contributed by atoms with Crippen LogP contribution in [0.3, 0.4) is 0 Å². The van der Waals surface area contributed by atoms with Crippen molar-refractivity contribution in [1.82, 2.24) is 0 Å². The van der Waals surface area contributed by atoms with Gasteiger partial charge in [0, 0.05) is 22.3 Å². The first-order valence-electron chi connectivity index (χ1n) is 22.8. The monoisotopic (exact) mass is 804 g/mol. The third kappa shape index (κ3) is 15.9. The SMILES string of the molecule is CCCCCCOc1ccc(C#Cc2ccc(C#Cc3ccc(OCCCCCC)c(F)c3)c(CCCCCCCCCCCOC(=O)C3CC4C=CC3C4)c2)cc1F. The zero-order valence-electron chi connectivity index (χ0n) is 35.7. The molecule has 1 fully saturated rings. The lowest BCUT2D eigenvalue weighted by molar-refractivity contribution is -0.149. The second-order valence-electron chi connectivity index (χ2n) is 16.5. The quantitative estimate of drug-likeness (QED) is 0.0370. The molecule has 0 spiro atoms. The number of benzene rings is 3. The molecule has 3 atom stereocenters. The van der Waals surface area contributed by atoms with E-state index in [4.69, 9.17) is 14.2 Å².